The largest absolute Gasteiger partial charge is 0.493 e. The van der Waals surface area contributed by atoms with Crippen LogP contribution in [0, 0.1) is 5.82 Å². The standard InChI is InChI=1S/C20H27FN2O3/c1-25-20-13-17(14-23-10-2-9-22-11-12-24)5-8-19(20)26-15-16-3-6-18(21)7-4-16/h3-8,13,22-24H,2,9-12,14-15H2,1H3. The number of methoxy groups -OCH3 is 1. The van der Waals surface area contributed by atoms with Crippen LogP contribution in [0.25, 0.3) is 0 Å². The first-order valence-corrected chi connectivity index (χ1v) is 8.79. The van der Waals surface area contributed by atoms with Gasteiger partial charge in [-0.2, -0.15) is 0 Å². The van der Waals surface area contributed by atoms with Crippen LogP contribution >= 0.6 is 0 Å². The van der Waals surface area contributed by atoms with Gasteiger partial charge >= 0.3 is 0 Å². The van der Waals surface area contributed by atoms with Gasteiger partial charge in [-0.15, -0.1) is 0 Å². The second-order valence-corrected chi connectivity index (χ2v) is 5.90. The van der Waals surface area contributed by atoms with Crippen molar-refractivity contribution < 1.29 is 19.0 Å². The van der Waals surface area contributed by atoms with Crippen LogP contribution in [0.4, 0.5) is 4.39 Å². The van der Waals surface area contributed by atoms with Gasteiger partial charge in [-0.3, -0.25) is 0 Å². The summed E-state index contributed by atoms with van der Waals surface area (Å²) in [6.45, 7) is 3.68. The summed E-state index contributed by atoms with van der Waals surface area (Å²) < 4.78 is 24.1. The summed E-state index contributed by atoms with van der Waals surface area (Å²) in [5.41, 5.74) is 2.01. The van der Waals surface area contributed by atoms with Gasteiger partial charge < -0.3 is 25.2 Å². The molecule has 0 aliphatic heterocycles. The second kappa shape index (κ2) is 11.5. The van der Waals surface area contributed by atoms with Crippen LogP contribution in [0.15, 0.2) is 42.5 Å². The first kappa shape index (κ1) is 20.2. The fourth-order valence-electron chi connectivity index (χ4n) is 2.46. The number of aliphatic hydroxyl groups is 1. The lowest BCUT2D eigenvalue weighted by Gasteiger charge is -2.13. The summed E-state index contributed by atoms with van der Waals surface area (Å²) in [4.78, 5) is 0. The Labute approximate surface area is 154 Å². The van der Waals surface area contributed by atoms with Crippen LogP contribution < -0.4 is 20.1 Å². The molecule has 0 spiro atoms. The Kier molecular flexibility index (Phi) is 8.89. The summed E-state index contributed by atoms with van der Waals surface area (Å²) in [7, 11) is 1.62. The van der Waals surface area contributed by atoms with E-state index in [2.05, 4.69) is 10.6 Å². The quantitative estimate of drug-likeness (QED) is 0.507. The summed E-state index contributed by atoms with van der Waals surface area (Å²) in [6.07, 6.45) is 0.996. The van der Waals surface area contributed by atoms with Crippen LogP contribution in [0.5, 0.6) is 11.5 Å². The fourth-order valence-corrected chi connectivity index (χ4v) is 2.46. The normalized spacial score (nSPS) is 10.7. The molecule has 0 aromatic heterocycles. The van der Waals surface area contributed by atoms with E-state index in [0.717, 1.165) is 37.2 Å². The maximum atomic E-state index is 12.9. The van der Waals surface area contributed by atoms with Crippen molar-refractivity contribution >= 4 is 0 Å². The van der Waals surface area contributed by atoms with Gasteiger partial charge in [0.15, 0.2) is 11.5 Å². The molecule has 2 aromatic carbocycles. The molecule has 0 aliphatic rings. The van der Waals surface area contributed by atoms with Crippen LogP contribution in [-0.4, -0.2) is 38.5 Å². The van der Waals surface area contributed by atoms with E-state index in [-0.39, 0.29) is 12.4 Å². The van der Waals surface area contributed by atoms with Gasteiger partial charge in [0.1, 0.15) is 12.4 Å². The molecular formula is C20H27FN2O3. The van der Waals surface area contributed by atoms with Crippen LogP contribution in [0.1, 0.15) is 17.5 Å². The molecule has 5 nitrogen and oxygen atoms in total. The molecule has 6 heteroatoms. The predicted octanol–water partition coefficient (Wildman–Crippen LogP) is 2.47. The van der Waals surface area contributed by atoms with Crippen LogP contribution in [-0.2, 0) is 13.2 Å². The summed E-state index contributed by atoms with van der Waals surface area (Å²) in [5, 5.41) is 15.2. The Morgan fingerprint density at radius 2 is 1.65 bits per heavy atom. The third kappa shape index (κ3) is 7.00. The molecule has 0 amide bonds. The van der Waals surface area contributed by atoms with Crippen molar-refractivity contribution in [1.82, 2.24) is 10.6 Å². The highest BCUT2D eigenvalue weighted by atomic mass is 19.1. The van der Waals surface area contributed by atoms with Gasteiger partial charge in [-0.05, 0) is 54.9 Å². The van der Waals surface area contributed by atoms with E-state index < -0.39 is 0 Å². The highest BCUT2D eigenvalue weighted by molar-refractivity contribution is 5.43. The monoisotopic (exact) mass is 362 g/mol. The molecule has 2 aromatic rings. The first-order valence-electron chi connectivity index (χ1n) is 8.79. The van der Waals surface area contributed by atoms with Crippen molar-refractivity contribution in [3.63, 3.8) is 0 Å². The van der Waals surface area contributed by atoms with E-state index in [1.54, 1.807) is 19.2 Å². The Bertz CT molecular complexity index is 650. The van der Waals surface area contributed by atoms with Gasteiger partial charge in [0.25, 0.3) is 0 Å². The van der Waals surface area contributed by atoms with Crippen LogP contribution in [0.2, 0.25) is 0 Å². The Balaban J connectivity index is 1.79. The number of ether oxygens (including phenoxy) is 2. The lowest BCUT2D eigenvalue weighted by atomic mass is 10.2. The Hall–Kier alpha value is -2.15. The maximum Gasteiger partial charge on any atom is 0.161 e. The minimum Gasteiger partial charge on any atom is -0.493 e. The molecule has 0 aliphatic carbocycles. The lowest BCUT2D eigenvalue weighted by molar-refractivity contribution is 0.284. The van der Waals surface area contributed by atoms with Crippen LogP contribution in [0.3, 0.4) is 0 Å². The van der Waals surface area contributed by atoms with Crippen molar-refractivity contribution in [2.45, 2.75) is 19.6 Å². The van der Waals surface area contributed by atoms with E-state index in [1.807, 2.05) is 18.2 Å². The zero-order valence-electron chi connectivity index (χ0n) is 15.1. The molecule has 2 rings (SSSR count). The zero-order chi connectivity index (χ0) is 18.6. The van der Waals surface area contributed by atoms with Gasteiger partial charge in [0.05, 0.1) is 13.7 Å². The minimum absolute atomic E-state index is 0.169. The molecule has 0 fully saturated rings. The maximum absolute atomic E-state index is 12.9. The third-order valence-corrected chi connectivity index (χ3v) is 3.86. The summed E-state index contributed by atoms with van der Waals surface area (Å²) >= 11 is 0. The van der Waals surface area contributed by atoms with Crippen molar-refractivity contribution in [3.8, 4) is 11.5 Å². The third-order valence-electron chi connectivity index (χ3n) is 3.86. The van der Waals surface area contributed by atoms with Crippen molar-refractivity contribution in [2.24, 2.45) is 0 Å². The predicted molar refractivity (Wildman–Crippen MR) is 100 cm³/mol. The topological polar surface area (TPSA) is 62.8 Å². The average molecular weight is 362 g/mol. The van der Waals surface area contributed by atoms with Gasteiger partial charge in [0, 0.05) is 13.1 Å². The number of aliphatic hydroxyl groups excluding tert-OH is 1. The van der Waals surface area contributed by atoms with Gasteiger partial charge in [0.2, 0.25) is 0 Å². The number of hydrogen-bond acceptors (Lipinski definition) is 5. The first-order chi connectivity index (χ1) is 12.7. The molecule has 0 atom stereocenters. The van der Waals surface area contributed by atoms with Crippen molar-refractivity contribution in [1.29, 1.82) is 0 Å². The fraction of sp³-hybridized carbons (Fsp3) is 0.400. The molecule has 0 radical (unpaired) electrons. The van der Waals surface area contributed by atoms with Gasteiger partial charge in [-0.1, -0.05) is 18.2 Å². The highest BCUT2D eigenvalue weighted by Gasteiger charge is 2.06. The minimum atomic E-state index is -0.257. The Morgan fingerprint density at radius 1 is 0.923 bits per heavy atom. The lowest BCUT2D eigenvalue weighted by Crippen LogP contribution is -2.23. The molecule has 0 unspecified atom stereocenters. The van der Waals surface area contributed by atoms with E-state index in [4.69, 9.17) is 14.6 Å². The van der Waals surface area contributed by atoms with Crippen molar-refractivity contribution in [2.75, 3.05) is 33.4 Å². The molecule has 0 saturated heterocycles. The van der Waals surface area contributed by atoms with E-state index in [0.29, 0.717) is 24.7 Å². The summed E-state index contributed by atoms with van der Waals surface area (Å²) in [6, 6.07) is 12.1. The average Bonchev–Trinajstić information content (AvgIpc) is 2.67. The van der Waals surface area contributed by atoms with Gasteiger partial charge in [-0.25, -0.2) is 4.39 Å². The number of nitrogens with one attached hydrogen (secondary N) is 2. The zero-order valence-corrected chi connectivity index (χ0v) is 15.1. The molecule has 142 valence electrons. The van der Waals surface area contributed by atoms with E-state index in [1.165, 1.54) is 12.1 Å². The summed E-state index contributed by atoms with van der Waals surface area (Å²) in [5.74, 6) is 1.08. The molecule has 26 heavy (non-hydrogen) atoms. The molecule has 0 heterocycles. The molecule has 0 bridgehead atoms. The number of halogens is 1. The smallest absolute Gasteiger partial charge is 0.161 e. The number of rotatable bonds is 12. The molecular weight excluding hydrogens is 335 g/mol. The number of hydrogen-bond donors (Lipinski definition) is 3. The molecule has 3 N–H and O–H groups in total. The second-order valence-electron chi connectivity index (χ2n) is 5.90. The number of benzene rings is 2. The Morgan fingerprint density at radius 3 is 2.38 bits per heavy atom. The van der Waals surface area contributed by atoms with E-state index in [9.17, 15) is 4.39 Å². The highest BCUT2D eigenvalue weighted by Crippen LogP contribution is 2.28. The van der Waals surface area contributed by atoms with Crippen molar-refractivity contribution in [3.05, 3.63) is 59.4 Å². The molecule has 0 saturated carbocycles. The SMILES string of the molecule is COc1cc(CNCCCNCCO)ccc1OCc1ccc(F)cc1. The van der Waals surface area contributed by atoms with E-state index >= 15 is 0 Å².